The second-order valence-corrected chi connectivity index (χ2v) is 4.48. The van der Waals surface area contributed by atoms with E-state index < -0.39 is 4.92 Å². The van der Waals surface area contributed by atoms with Crippen LogP contribution in [0.2, 0.25) is 5.02 Å². The summed E-state index contributed by atoms with van der Waals surface area (Å²) < 4.78 is 0. The van der Waals surface area contributed by atoms with E-state index in [9.17, 15) is 14.9 Å². The first-order valence-corrected chi connectivity index (χ1v) is 5.59. The van der Waals surface area contributed by atoms with E-state index in [4.69, 9.17) is 11.6 Å². The number of carbonyl (C=O) groups is 1. The highest BCUT2D eigenvalue weighted by Gasteiger charge is 2.31. The van der Waals surface area contributed by atoms with Crippen molar-refractivity contribution in [2.75, 3.05) is 7.05 Å². The molecule has 1 aliphatic carbocycles. The van der Waals surface area contributed by atoms with Gasteiger partial charge in [-0.05, 0) is 18.9 Å². The van der Waals surface area contributed by atoms with E-state index in [1.807, 2.05) is 0 Å². The Morgan fingerprint density at radius 3 is 2.65 bits per heavy atom. The molecule has 1 amide bonds. The SMILES string of the molecule is CN(C(=O)c1ccc([N+](=O)[O-])cc1Cl)C1CC1. The van der Waals surface area contributed by atoms with Crippen molar-refractivity contribution < 1.29 is 9.72 Å². The number of non-ortho nitro benzene ring substituents is 1. The van der Waals surface area contributed by atoms with E-state index in [1.54, 1.807) is 11.9 Å². The number of hydrogen-bond donors (Lipinski definition) is 0. The number of nitrogens with zero attached hydrogens (tertiary/aromatic N) is 2. The number of amides is 1. The largest absolute Gasteiger partial charge is 0.339 e. The molecule has 17 heavy (non-hydrogen) atoms. The predicted octanol–water partition coefficient (Wildman–Crippen LogP) is 2.48. The van der Waals surface area contributed by atoms with Gasteiger partial charge >= 0.3 is 0 Å². The van der Waals surface area contributed by atoms with Crippen LogP contribution in [0.4, 0.5) is 5.69 Å². The Bertz CT molecular complexity index is 486. The molecule has 0 unspecified atom stereocenters. The molecule has 90 valence electrons. The number of benzene rings is 1. The van der Waals surface area contributed by atoms with Crippen LogP contribution in [0.25, 0.3) is 0 Å². The predicted molar refractivity (Wildman–Crippen MR) is 63.2 cm³/mol. The molecule has 0 saturated heterocycles. The molecule has 6 heteroatoms. The van der Waals surface area contributed by atoms with Crippen molar-refractivity contribution in [2.45, 2.75) is 18.9 Å². The van der Waals surface area contributed by atoms with E-state index in [2.05, 4.69) is 0 Å². The van der Waals surface area contributed by atoms with Gasteiger partial charge in [-0.1, -0.05) is 11.6 Å². The van der Waals surface area contributed by atoms with Gasteiger partial charge in [-0.25, -0.2) is 0 Å². The maximum atomic E-state index is 12.0. The summed E-state index contributed by atoms with van der Waals surface area (Å²) in [5.41, 5.74) is 0.201. The fourth-order valence-electron chi connectivity index (χ4n) is 1.61. The smallest absolute Gasteiger partial charge is 0.270 e. The maximum Gasteiger partial charge on any atom is 0.270 e. The molecule has 1 aromatic carbocycles. The van der Waals surface area contributed by atoms with Gasteiger partial charge < -0.3 is 4.90 Å². The van der Waals surface area contributed by atoms with Crippen molar-refractivity contribution in [3.8, 4) is 0 Å². The molecule has 5 nitrogen and oxygen atoms in total. The molecule has 1 fully saturated rings. The molecule has 0 atom stereocenters. The van der Waals surface area contributed by atoms with Gasteiger partial charge in [0.2, 0.25) is 0 Å². The molecule has 1 aromatic rings. The van der Waals surface area contributed by atoms with Crippen LogP contribution in [0, 0.1) is 10.1 Å². The molecule has 0 aliphatic heterocycles. The zero-order chi connectivity index (χ0) is 12.6. The van der Waals surface area contributed by atoms with Crippen LogP contribution in [0.15, 0.2) is 18.2 Å². The van der Waals surface area contributed by atoms with Crippen molar-refractivity contribution in [2.24, 2.45) is 0 Å². The van der Waals surface area contributed by atoms with Crippen molar-refractivity contribution >= 4 is 23.2 Å². The fraction of sp³-hybridized carbons (Fsp3) is 0.364. The third-order valence-corrected chi connectivity index (χ3v) is 3.12. The van der Waals surface area contributed by atoms with Gasteiger partial charge in [-0.15, -0.1) is 0 Å². The normalized spacial score (nSPS) is 14.5. The minimum absolute atomic E-state index is 0.111. The summed E-state index contributed by atoms with van der Waals surface area (Å²) in [6.07, 6.45) is 2.01. The lowest BCUT2D eigenvalue weighted by Gasteiger charge is -2.16. The van der Waals surface area contributed by atoms with Crippen LogP contribution in [-0.2, 0) is 0 Å². The van der Waals surface area contributed by atoms with Crippen LogP contribution < -0.4 is 0 Å². The molecule has 0 spiro atoms. The first-order chi connectivity index (χ1) is 8.00. The van der Waals surface area contributed by atoms with Gasteiger partial charge in [0.1, 0.15) is 0 Å². The van der Waals surface area contributed by atoms with Gasteiger partial charge in [-0.2, -0.15) is 0 Å². The lowest BCUT2D eigenvalue weighted by atomic mass is 10.2. The minimum Gasteiger partial charge on any atom is -0.339 e. The third-order valence-electron chi connectivity index (χ3n) is 2.81. The number of rotatable bonds is 3. The average Bonchev–Trinajstić information content (AvgIpc) is 3.10. The van der Waals surface area contributed by atoms with E-state index in [-0.39, 0.29) is 22.7 Å². The van der Waals surface area contributed by atoms with Crippen molar-refractivity contribution in [1.82, 2.24) is 4.90 Å². The third kappa shape index (κ3) is 2.39. The number of nitro benzene ring substituents is 1. The Morgan fingerprint density at radius 1 is 1.53 bits per heavy atom. The van der Waals surface area contributed by atoms with Crippen LogP contribution in [0.1, 0.15) is 23.2 Å². The zero-order valence-corrected chi connectivity index (χ0v) is 9.98. The van der Waals surface area contributed by atoms with Crippen LogP contribution in [0.5, 0.6) is 0 Å². The summed E-state index contributed by atoms with van der Waals surface area (Å²) in [6, 6.07) is 4.19. The highest BCUT2D eigenvalue weighted by atomic mass is 35.5. The molecular formula is C11H11ClN2O3. The molecule has 0 bridgehead atoms. The highest BCUT2D eigenvalue weighted by Crippen LogP contribution is 2.29. The Hall–Kier alpha value is -1.62. The molecule has 0 radical (unpaired) electrons. The van der Waals surface area contributed by atoms with E-state index in [0.29, 0.717) is 5.56 Å². The molecule has 0 N–H and O–H groups in total. The van der Waals surface area contributed by atoms with Gasteiger partial charge in [-0.3, -0.25) is 14.9 Å². The van der Waals surface area contributed by atoms with E-state index in [0.717, 1.165) is 12.8 Å². The molecular weight excluding hydrogens is 244 g/mol. The Balaban J connectivity index is 2.26. The van der Waals surface area contributed by atoms with Crippen LogP contribution >= 0.6 is 11.6 Å². The lowest BCUT2D eigenvalue weighted by molar-refractivity contribution is -0.384. The molecule has 0 heterocycles. The zero-order valence-electron chi connectivity index (χ0n) is 9.22. The van der Waals surface area contributed by atoms with E-state index >= 15 is 0 Å². The Kier molecular flexibility index (Phi) is 3.02. The average molecular weight is 255 g/mol. The van der Waals surface area contributed by atoms with Crippen molar-refractivity contribution in [3.05, 3.63) is 38.9 Å². The quantitative estimate of drug-likeness (QED) is 0.615. The van der Waals surface area contributed by atoms with Gasteiger partial charge in [0.25, 0.3) is 11.6 Å². The lowest BCUT2D eigenvalue weighted by Crippen LogP contribution is -2.28. The van der Waals surface area contributed by atoms with Crippen LogP contribution in [0.3, 0.4) is 0 Å². The van der Waals surface area contributed by atoms with Crippen molar-refractivity contribution in [3.63, 3.8) is 0 Å². The second-order valence-electron chi connectivity index (χ2n) is 4.07. The number of hydrogen-bond acceptors (Lipinski definition) is 3. The minimum atomic E-state index is -0.537. The summed E-state index contributed by atoms with van der Waals surface area (Å²) in [5, 5.41) is 10.7. The van der Waals surface area contributed by atoms with Gasteiger partial charge in [0, 0.05) is 25.2 Å². The number of halogens is 1. The first-order valence-electron chi connectivity index (χ1n) is 5.22. The van der Waals surface area contributed by atoms with Gasteiger partial charge in [0.15, 0.2) is 0 Å². The number of carbonyl (C=O) groups excluding carboxylic acids is 1. The monoisotopic (exact) mass is 254 g/mol. The van der Waals surface area contributed by atoms with Crippen LogP contribution in [-0.4, -0.2) is 28.8 Å². The number of nitro groups is 1. The van der Waals surface area contributed by atoms with Gasteiger partial charge in [0.05, 0.1) is 15.5 Å². The summed E-state index contributed by atoms with van der Waals surface area (Å²) in [7, 11) is 1.72. The summed E-state index contributed by atoms with van der Waals surface area (Å²) in [5.74, 6) is -0.188. The topological polar surface area (TPSA) is 63.5 Å². The maximum absolute atomic E-state index is 12.0. The summed E-state index contributed by atoms with van der Waals surface area (Å²) in [4.78, 5) is 23.6. The molecule has 1 aliphatic rings. The molecule has 2 rings (SSSR count). The summed E-state index contributed by atoms with van der Waals surface area (Å²) in [6.45, 7) is 0. The van der Waals surface area contributed by atoms with Crippen molar-refractivity contribution in [1.29, 1.82) is 0 Å². The Labute approximate surface area is 103 Å². The highest BCUT2D eigenvalue weighted by molar-refractivity contribution is 6.34. The summed E-state index contributed by atoms with van der Waals surface area (Å²) >= 11 is 5.89. The standard InChI is InChI=1S/C11H11ClN2O3/c1-13(7-2-3-7)11(15)9-5-4-8(14(16)17)6-10(9)12/h4-7H,2-3H2,1H3. The fourth-order valence-corrected chi connectivity index (χ4v) is 1.86. The first kappa shape index (κ1) is 11.9. The molecule has 1 saturated carbocycles. The molecule has 0 aromatic heterocycles. The van der Waals surface area contributed by atoms with E-state index in [1.165, 1.54) is 18.2 Å². The Morgan fingerprint density at radius 2 is 2.18 bits per heavy atom. The second kappa shape index (κ2) is 4.33.